The number of amides is 1. The second kappa shape index (κ2) is 10.1. The second-order valence-electron chi connectivity index (χ2n) is 7.72. The quantitative estimate of drug-likeness (QED) is 0.350. The highest BCUT2D eigenvalue weighted by atomic mass is 32.2. The number of benzene rings is 1. The zero-order chi connectivity index (χ0) is 21.7. The zero-order valence-corrected chi connectivity index (χ0v) is 18.0. The number of carbonyl (C=O) groups excluding carboxylic acids is 1. The molecule has 3 N–H and O–H groups in total. The Morgan fingerprint density at radius 1 is 1.10 bits per heavy atom. The number of nitrogens with zero attached hydrogens (tertiary/aromatic N) is 3. The molecule has 9 heteroatoms. The molecular formula is C21H28N4O4S. The van der Waals surface area contributed by atoms with Crippen LogP contribution in [0.1, 0.15) is 13.8 Å². The van der Waals surface area contributed by atoms with E-state index in [1.54, 1.807) is 25.5 Å². The largest absolute Gasteiger partial charge is 0.369 e. The summed E-state index contributed by atoms with van der Waals surface area (Å²) in [6, 6.07) is 12.2. The van der Waals surface area contributed by atoms with Crippen molar-refractivity contribution in [3.63, 3.8) is 0 Å². The van der Waals surface area contributed by atoms with Gasteiger partial charge in [0, 0.05) is 44.3 Å². The molecule has 3 atom stereocenters. The summed E-state index contributed by atoms with van der Waals surface area (Å²) >= 11 is -2.22. The van der Waals surface area contributed by atoms with Crippen LogP contribution in [0.15, 0.2) is 48.8 Å². The predicted molar refractivity (Wildman–Crippen MR) is 116 cm³/mol. The minimum Gasteiger partial charge on any atom is -0.369 e. The van der Waals surface area contributed by atoms with Gasteiger partial charge in [0.1, 0.15) is 5.37 Å². The molecular weight excluding hydrogens is 404 g/mol. The van der Waals surface area contributed by atoms with Crippen molar-refractivity contribution in [2.75, 3.05) is 31.1 Å². The van der Waals surface area contributed by atoms with Gasteiger partial charge in [-0.05, 0) is 35.2 Å². The minimum absolute atomic E-state index is 0.198. The van der Waals surface area contributed by atoms with Gasteiger partial charge in [-0.1, -0.05) is 32.0 Å². The maximum absolute atomic E-state index is 12.1. The van der Waals surface area contributed by atoms with Gasteiger partial charge in [-0.15, -0.1) is 0 Å². The second-order valence-corrected chi connectivity index (χ2v) is 8.76. The van der Waals surface area contributed by atoms with E-state index in [1.807, 2.05) is 23.2 Å². The molecule has 30 heavy (non-hydrogen) atoms. The Hall–Kier alpha value is -2.33. The monoisotopic (exact) mass is 432 g/mol. The van der Waals surface area contributed by atoms with E-state index < -0.39 is 28.3 Å². The molecule has 2 aromatic rings. The maximum atomic E-state index is 12.1. The number of pyridine rings is 1. The number of rotatable bonds is 7. The molecule has 0 bridgehead atoms. The first kappa shape index (κ1) is 22.4. The van der Waals surface area contributed by atoms with Gasteiger partial charge in [-0.25, -0.2) is 9.69 Å². The molecule has 3 unspecified atom stereocenters. The van der Waals surface area contributed by atoms with Gasteiger partial charge in [0.05, 0.1) is 5.92 Å². The molecule has 0 radical (unpaired) electrons. The third-order valence-electron chi connectivity index (χ3n) is 5.55. The molecule has 2 heterocycles. The minimum atomic E-state index is -2.22. The molecule has 0 aliphatic carbocycles. The van der Waals surface area contributed by atoms with Crippen molar-refractivity contribution >= 4 is 22.7 Å². The number of piperazine rings is 1. The highest BCUT2D eigenvalue weighted by Crippen LogP contribution is 2.27. The number of hydrogen-bond acceptors (Lipinski definition) is 6. The van der Waals surface area contributed by atoms with Gasteiger partial charge >= 0.3 is 0 Å². The van der Waals surface area contributed by atoms with E-state index in [4.69, 9.17) is 5.21 Å². The molecule has 1 saturated heterocycles. The standard InChI is InChI=1S/C21H28N4O4S/c1-15(2)19(20(26)23-27)21(30(28)29)25-12-10-24(11-13-25)18-7-5-16(6-8-18)17-4-3-9-22-14-17/h3-9,14-15,19,21,27H,10-13H2,1-2H3,(H,23,26)(H,28,29). The van der Waals surface area contributed by atoms with E-state index in [1.165, 1.54) is 0 Å². The third-order valence-corrected chi connectivity index (χ3v) is 6.55. The number of aromatic nitrogens is 1. The van der Waals surface area contributed by atoms with E-state index in [9.17, 15) is 13.6 Å². The van der Waals surface area contributed by atoms with Crippen molar-refractivity contribution in [2.45, 2.75) is 19.2 Å². The van der Waals surface area contributed by atoms with Crippen LogP contribution in [-0.4, -0.2) is 61.3 Å². The fourth-order valence-electron chi connectivity index (χ4n) is 3.95. The summed E-state index contributed by atoms with van der Waals surface area (Å²) in [6.07, 6.45) is 3.58. The Kier molecular flexibility index (Phi) is 7.54. The van der Waals surface area contributed by atoms with Crippen LogP contribution >= 0.6 is 0 Å². The molecule has 1 aliphatic rings. The van der Waals surface area contributed by atoms with Crippen molar-refractivity contribution in [3.05, 3.63) is 48.8 Å². The van der Waals surface area contributed by atoms with Gasteiger partial charge in [0.2, 0.25) is 5.91 Å². The fraction of sp³-hybridized carbons (Fsp3) is 0.429. The Balaban J connectivity index is 1.68. The highest BCUT2D eigenvalue weighted by molar-refractivity contribution is 7.79. The summed E-state index contributed by atoms with van der Waals surface area (Å²) in [4.78, 5) is 20.4. The van der Waals surface area contributed by atoms with E-state index in [0.717, 1.165) is 16.8 Å². The topological polar surface area (TPSA) is 106 Å². The molecule has 0 saturated carbocycles. The lowest BCUT2D eigenvalue weighted by molar-refractivity contribution is -0.136. The van der Waals surface area contributed by atoms with Gasteiger partial charge in [-0.3, -0.25) is 19.9 Å². The molecule has 1 aromatic heterocycles. The number of carbonyl (C=O) groups is 1. The summed E-state index contributed by atoms with van der Waals surface area (Å²) in [7, 11) is 0. The molecule has 1 amide bonds. The summed E-state index contributed by atoms with van der Waals surface area (Å²) in [6.45, 7) is 6.04. The molecule has 1 aromatic carbocycles. The fourth-order valence-corrected chi connectivity index (χ4v) is 5.10. The van der Waals surface area contributed by atoms with Crippen molar-refractivity contribution in [2.24, 2.45) is 11.8 Å². The molecule has 1 aliphatic heterocycles. The van der Waals surface area contributed by atoms with Crippen molar-refractivity contribution in [3.8, 4) is 11.1 Å². The van der Waals surface area contributed by atoms with Crippen LogP contribution in [-0.2, 0) is 15.9 Å². The SMILES string of the molecule is CC(C)C(C(=O)NO)C(N1CCN(c2ccc(-c3cccnc3)cc2)CC1)S(=O)O. The van der Waals surface area contributed by atoms with Crippen molar-refractivity contribution < 1.29 is 18.8 Å². The molecule has 162 valence electrons. The van der Waals surface area contributed by atoms with Crippen LogP contribution in [0.4, 0.5) is 5.69 Å². The lowest BCUT2D eigenvalue weighted by Gasteiger charge is -2.41. The lowest BCUT2D eigenvalue weighted by Crippen LogP contribution is -2.57. The first-order valence-electron chi connectivity index (χ1n) is 9.95. The predicted octanol–water partition coefficient (Wildman–Crippen LogP) is 2.20. The molecule has 1 fully saturated rings. The zero-order valence-electron chi connectivity index (χ0n) is 17.1. The van der Waals surface area contributed by atoms with Crippen LogP contribution in [0, 0.1) is 11.8 Å². The number of hydrogen-bond donors (Lipinski definition) is 3. The number of hydroxylamine groups is 1. The summed E-state index contributed by atoms with van der Waals surface area (Å²) in [5.74, 6) is -1.62. The average Bonchev–Trinajstić information content (AvgIpc) is 2.77. The Bertz CT molecular complexity index is 855. The van der Waals surface area contributed by atoms with Crippen LogP contribution in [0.25, 0.3) is 11.1 Å². The lowest BCUT2D eigenvalue weighted by atomic mass is 9.93. The molecule has 3 rings (SSSR count). The Morgan fingerprint density at radius 3 is 2.27 bits per heavy atom. The summed E-state index contributed by atoms with van der Waals surface area (Å²) < 4.78 is 22.0. The number of anilines is 1. The summed E-state index contributed by atoms with van der Waals surface area (Å²) in [5, 5.41) is 8.20. The van der Waals surface area contributed by atoms with Gasteiger partial charge in [0.15, 0.2) is 11.1 Å². The van der Waals surface area contributed by atoms with E-state index >= 15 is 0 Å². The summed E-state index contributed by atoms with van der Waals surface area (Å²) in [5.41, 5.74) is 4.88. The van der Waals surface area contributed by atoms with Gasteiger partial charge in [0.25, 0.3) is 0 Å². The first-order chi connectivity index (χ1) is 14.4. The molecule has 0 spiro atoms. The van der Waals surface area contributed by atoms with Crippen LogP contribution < -0.4 is 10.4 Å². The van der Waals surface area contributed by atoms with Crippen LogP contribution in [0.2, 0.25) is 0 Å². The van der Waals surface area contributed by atoms with E-state index in [-0.39, 0.29) is 5.92 Å². The van der Waals surface area contributed by atoms with E-state index in [2.05, 4.69) is 34.1 Å². The maximum Gasteiger partial charge on any atom is 0.249 e. The van der Waals surface area contributed by atoms with Crippen molar-refractivity contribution in [1.82, 2.24) is 15.4 Å². The van der Waals surface area contributed by atoms with E-state index in [0.29, 0.717) is 26.2 Å². The average molecular weight is 433 g/mol. The first-order valence-corrected chi connectivity index (χ1v) is 11.1. The molecule has 8 nitrogen and oxygen atoms in total. The van der Waals surface area contributed by atoms with Gasteiger partial charge < -0.3 is 9.45 Å². The highest BCUT2D eigenvalue weighted by Gasteiger charge is 2.40. The smallest absolute Gasteiger partial charge is 0.249 e. The van der Waals surface area contributed by atoms with Crippen LogP contribution in [0.5, 0.6) is 0 Å². The Morgan fingerprint density at radius 2 is 1.77 bits per heavy atom. The number of nitrogens with one attached hydrogen (secondary N) is 1. The van der Waals surface area contributed by atoms with Crippen molar-refractivity contribution in [1.29, 1.82) is 0 Å². The van der Waals surface area contributed by atoms with Crippen LogP contribution in [0.3, 0.4) is 0 Å². The normalized spacial score (nSPS) is 18.1. The Labute approximate surface area is 179 Å². The van der Waals surface area contributed by atoms with Gasteiger partial charge in [-0.2, -0.15) is 0 Å². The third kappa shape index (κ3) is 5.04.